The van der Waals surface area contributed by atoms with E-state index in [1.165, 1.54) is 4.90 Å². The summed E-state index contributed by atoms with van der Waals surface area (Å²) in [6.45, 7) is 7.02. The summed E-state index contributed by atoms with van der Waals surface area (Å²) in [5.74, 6) is 1.08. The first kappa shape index (κ1) is 15.8. The van der Waals surface area contributed by atoms with Gasteiger partial charge in [0.2, 0.25) is 0 Å². The SMILES string of the molecule is CC(C)OCCCNCCSc1ccc(Cl)cc1. The number of nitrogens with one attached hydrogen (secondary N) is 1. The van der Waals surface area contributed by atoms with Crippen molar-refractivity contribution in [3.05, 3.63) is 29.3 Å². The lowest BCUT2D eigenvalue weighted by Crippen LogP contribution is -2.20. The third-order valence-corrected chi connectivity index (χ3v) is 3.58. The standard InChI is InChI=1S/C14H22ClNOS/c1-12(2)17-10-3-8-16-9-11-18-14-6-4-13(15)5-7-14/h4-7,12,16H,3,8-11H2,1-2H3. The summed E-state index contributed by atoms with van der Waals surface area (Å²) >= 11 is 7.68. The van der Waals surface area contributed by atoms with Gasteiger partial charge in [-0.25, -0.2) is 0 Å². The Kier molecular flexibility index (Phi) is 8.51. The van der Waals surface area contributed by atoms with Crippen LogP contribution in [0.3, 0.4) is 0 Å². The number of halogens is 1. The van der Waals surface area contributed by atoms with Crippen LogP contribution in [0.5, 0.6) is 0 Å². The van der Waals surface area contributed by atoms with Gasteiger partial charge in [-0.15, -0.1) is 11.8 Å². The number of ether oxygens (including phenoxy) is 1. The van der Waals surface area contributed by atoms with Gasteiger partial charge in [0.15, 0.2) is 0 Å². The monoisotopic (exact) mass is 287 g/mol. The number of rotatable bonds is 9. The van der Waals surface area contributed by atoms with Crippen LogP contribution in [0.15, 0.2) is 29.2 Å². The van der Waals surface area contributed by atoms with Crippen LogP contribution in [0, 0.1) is 0 Å². The molecule has 0 aromatic heterocycles. The van der Waals surface area contributed by atoms with Gasteiger partial charge in [-0.1, -0.05) is 11.6 Å². The van der Waals surface area contributed by atoms with Gasteiger partial charge in [-0.2, -0.15) is 0 Å². The van der Waals surface area contributed by atoms with Crippen LogP contribution < -0.4 is 5.32 Å². The zero-order valence-corrected chi connectivity index (χ0v) is 12.7. The van der Waals surface area contributed by atoms with Gasteiger partial charge in [0.1, 0.15) is 0 Å². The summed E-state index contributed by atoms with van der Waals surface area (Å²) in [5, 5.41) is 4.21. The van der Waals surface area contributed by atoms with E-state index >= 15 is 0 Å². The van der Waals surface area contributed by atoms with E-state index in [0.29, 0.717) is 6.10 Å². The van der Waals surface area contributed by atoms with E-state index in [0.717, 1.165) is 36.9 Å². The van der Waals surface area contributed by atoms with E-state index in [1.807, 2.05) is 23.9 Å². The number of hydrogen-bond acceptors (Lipinski definition) is 3. The highest BCUT2D eigenvalue weighted by Crippen LogP contribution is 2.19. The number of hydrogen-bond donors (Lipinski definition) is 1. The zero-order chi connectivity index (χ0) is 13.2. The van der Waals surface area contributed by atoms with Gasteiger partial charge in [0.05, 0.1) is 6.10 Å². The quantitative estimate of drug-likeness (QED) is 0.551. The molecule has 0 radical (unpaired) electrons. The Morgan fingerprint density at radius 2 is 1.94 bits per heavy atom. The smallest absolute Gasteiger partial charge is 0.0518 e. The molecule has 1 aromatic carbocycles. The molecule has 0 spiro atoms. The van der Waals surface area contributed by atoms with E-state index in [4.69, 9.17) is 16.3 Å². The first-order chi connectivity index (χ1) is 8.68. The molecule has 0 aliphatic rings. The molecule has 18 heavy (non-hydrogen) atoms. The fourth-order valence-electron chi connectivity index (χ4n) is 1.41. The second-order valence-corrected chi connectivity index (χ2v) is 5.93. The molecule has 0 unspecified atom stereocenters. The third kappa shape index (κ3) is 7.98. The Morgan fingerprint density at radius 1 is 1.22 bits per heavy atom. The predicted molar refractivity (Wildman–Crippen MR) is 80.8 cm³/mol. The van der Waals surface area contributed by atoms with Crippen LogP contribution in [0.4, 0.5) is 0 Å². The van der Waals surface area contributed by atoms with Crippen LogP contribution in [-0.2, 0) is 4.74 Å². The maximum atomic E-state index is 5.83. The normalized spacial score (nSPS) is 11.1. The molecule has 1 N–H and O–H groups in total. The number of benzene rings is 1. The van der Waals surface area contributed by atoms with Crippen LogP contribution in [0.25, 0.3) is 0 Å². The fraction of sp³-hybridized carbons (Fsp3) is 0.571. The Hall–Kier alpha value is -0.220. The summed E-state index contributed by atoms with van der Waals surface area (Å²) in [7, 11) is 0. The first-order valence-corrected chi connectivity index (χ1v) is 7.75. The maximum absolute atomic E-state index is 5.83. The van der Waals surface area contributed by atoms with Crippen molar-refractivity contribution < 1.29 is 4.74 Å². The van der Waals surface area contributed by atoms with Crippen molar-refractivity contribution >= 4 is 23.4 Å². The second kappa shape index (κ2) is 9.68. The second-order valence-electron chi connectivity index (χ2n) is 4.33. The molecule has 1 aromatic rings. The minimum atomic E-state index is 0.338. The van der Waals surface area contributed by atoms with E-state index in [9.17, 15) is 0 Å². The van der Waals surface area contributed by atoms with Crippen LogP contribution in [0.1, 0.15) is 20.3 Å². The molecule has 1 rings (SSSR count). The van der Waals surface area contributed by atoms with Gasteiger partial charge < -0.3 is 10.1 Å². The number of thioether (sulfide) groups is 1. The van der Waals surface area contributed by atoms with E-state index in [-0.39, 0.29) is 0 Å². The highest BCUT2D eigenvalue weighted by atomic mass is 35.5. The van der Waals surface area contributed by atoms with E-state index in [1.54, 1.807) is 0 Å². The summed E-state index contributed by atoms with van der Waals surface area (Å²) in [6, 6.07) is 7.98. The molecule has 0 saturated carbocycles. The highest BCUT2D eigenvalue weighted by Gasteiger charge is 1.95. The minimum absolute atomic E-state index is 0.338. The van der Waals surface area contributed by atoms with Crippen molar-refractivity contribution in [2.75, 3.05) is 25.4 Å². The summed E-state index contributed by atoms with van der Waals surface area (Å²) in [4.78, 5) is 1.27. The molecule has 0 atom stereocenters. The molecular weight excluding hydrogens is 266 g/mol. The Balaban J connectivity index is 1.94. The molecule has 0 fully saturated rings. The first-order valence-electron chi connectivity index (χ1n) is 6.39. The van der Waals surface area contributed by atoms with Gasteiger partial charge in [-0.05, 0) is 51.1 Å². The van der Waals surface area contributed by atoms with Crippen LogP contribution in [0.2, 0.25) is 5.02 Å². The van der Waals surface area contributed by atoms with Crippen LogP contribution in [-0.4, -0.2) is 31.6 Å². The van der Waals surface area contributed by atoms with Crippen LogP contribution >= 0.6 is 23.4 Å². The Bertz CT molecular complexity index is 316. The average molecular weight is 288 g/mol. The Morgan fingerprint density at radius 3 is 2.61 bits per heavy atom. The molecule has 102 valence electrons. The lowest BCUT2D eigenvalue weighted by molar-refractivity contribution is 0.0772. The van der Waals surface area contributed by atoms with Gasteiger partial charge >= 0.3 is 0 Å². The van der Waals surface area contributed by atoms with Crippen molar-refractivity contribution in [1.29, 1.82) is 0 Å². The topological polar surface area (TPSA) is 21.3 Å². The largest absolute Gasteiger partial charge is 0.379 e. The van der Waals surface area contributed by atoms with E-state index in [2.05, 4.69) is 31.3 Å². The molecule has 4 heteroatoms. The minimum Gasteiger partial charge on any atom is -0.379 e. The predicted octanol–water partition coefficient (Wildman–Crippen LogP) is 3.84. The van der Waals surface area contributed by atoms with Crippen molar-refractivity contribution in [2.45, 2.75) is 31.3 Å². The summed E-state index contributed by atoms with van der Waals surface area (Å²) < 4.78 is 5.47. The molecular formula is C14H22ClNOS. The summed E-state index contributed by atoms with van der Waals surface area (Å²) in [6.07, 6.45) is 1.41. The summed E-state index contributed by atoms with van der Waals surface area (Å²) in [5.41, 5.74) is 0. The average Bonchev–Trinajstić information content (AvgIpc) is 2.34. The van der Waals surface area contributed by atoms with Gasteiger partial charge in [-0.3, -0.25) is 0 Å². The van der Waals surface area contributed by atoms with E-state index < -0.39 is 0 Å². The molecule has 0 aliphatic carbocycles. The van der Waals surface area contributed by atoms with Crippen molar-refractivity contribution in [1.82, 2.24) is 5.32 Å². The molecule has 0 bridgehead atoms. The fourth-order valence-corrected chi connectivity index (χ4v) is 2.35. The lowest BCUT2D eigenvalue weighted by atomic mass is 10.4. The molecule has 0 heterocycles. The third-order valence-electron chi connectivity index (χ3n) is 2.31. The van der Waals surface area contributed by atoms with Crippen molar-refractivity contribution in [3.63, 3.8) is 0 Å². The highest BCUT2D eigenvalue weighted by molar-refractivity contribution is 7.99. The molecule has 0 amide bonds. The van der Waals surface area contributed by atoms with Gasteiger partial charge in [0.25, 0.3) is 0 Å². The maximum Gasteiger partial charge on any atom is 0.0518 e. The van der Waals surface area contributed by atoms with Gasteiger partial charge in [0, 0.05) is 28.8 Å². The van der Waals surface area contributed by atoms with Crippen molar-refractivity contribution in [3.8, 4) is 0 Å². The molecule has 2 nitrogen and oxygen atoms in total. The molecule has 0 saturated heterocycles. The molecule has 0 aliphatic heterocycles. The Labute approximate surface area is 119 Å². The zero-order valence-electron chi connectivity index (χ0n) is 11.1. The van der Waals surface area contributed by atoms with Crippen molar-refractivity contribution in [2.24, 2.45) is 0 Å². The lowest BCUT2D eigenvalue weighted by Gasteiger charge is -2.08.